The SMILES string of the molecule is O=C(O)C[C@@H]1[C@H](O)CC[C@H]1C#CC(Cc1ccccc1)OC1CCCCO1. The van der Waals surface area contributed by atoms with Crippen LogP contribution < -0.4 is 0 Å². The molecule has 2 fully saturated rings. The van der Waals surface area contributed by atoms with Gasteiger partial charge in [-0.2, -0.15) is 0 Å². The Hall–Kier alpha value is -1.87. The Bertz CT molecular complexity index is 656. The highest BCUT2D eigenvalue weighted by atomic mass is 16.7. The minimum atomic E-state index is -0.888. The molecule has 5 nitrogen and oxygen atoms in total. The Morgan fingerprint density at radius 1 is 1.22 bits per heavy atom. The van der Waals surface area contributed by atoms with Gasteiger partial charge in [0.1, 0.15) is 6.10 Å². The van der Waals surface area contributed by atoms with E-state index in [2.05, 4.69) is 11.8 Å². The first-order valence-corrected chi connectivity index (χ1v) is 9.83. The maximum Gasteiger partial charge on any atom is 0.303 e. The second kappa shape index (κ2) is 9.89. The molecule has 1 heterocycles. The third-order valence-electron chi connectivity index (χ3n) is 5.34. The summed E-state index contributed by atoms with van der Waals surface area (Å²) < 4.78 is 11.8. The number of rotatable bonds is 6. The molecular weight excluding hydrogens is 344 g/mol. The molecule has 5 atom stereocenters. The third kappa shape index (κ3) is 6.07. The van der Waals surface area contributed by atoms with E-state index in [0.717, 1.165) is 31.2 Å². The Labute approximate surface area is 160 Å². The van der Waals surface area contributed by atoms with Crippen LogP contribution in [0.1, 0.15) is 44.1 Å². The first-order valence-electron chi connectivity index (χ1n) is 9.83. The highest BCUT2D eigenvalue weighted by Gasteiger charge is 2.35. The summed E-state index contributed by atoms with van der Waals surface area (Å²) in [6, 6.07) is 10.1. The lowest BCUT2D eigenvalue weighted by Crippen LogP contribution is -2.28. The first kappa shape index (κ1) is 19.9. The molecule has 1 aliphatic carbocycles. The van der Waals surface area contributed by atoms with Gasteiger partial charge in [-0.15, -0.1) is 0 Å². The Balaban J connectivity index is 1.70. The summed E-state index contributed by atoms with van der Waals surface area (Å²) in [4.78, 5) is 11.1. The molecule has 1 aromatic carbocycles. The van der Waals surface area contributed by atoms with E-state index in [0.29, 0.717) is 19.4 Å². The predicted octanol–water partition coefficient (Wildman–Crippen LogP) is 3.01. The van der Waals surface area contributed by atoms with E-state index < -0.39 is 12.1 Å². The van der Waals surface area contributed by atoms with Crippen LogP contribution in [-0.2, 0) is 20.7 Å². The van der Waals surface area contributed by atoms with Crippen molar-refractivity contribution in [2.75, 3.05) is 6.61 Å². The average Bonchev–Trinajstić information content (AvgIpc) is 3.01. The monoisotopic (exact) mass is 372 g/mol. The lowest BCUT2D eigenvalue weighted by atomic mass is 9.91. The molecule has 146 valence electrons. The molecule has 1 saturated carbocycles. The van der Waals surface area contributed by atoms with Crippen LogP contribution in [0.5, 0.6) is 0 Å². The fourth-order valence-corrected chi connectivity index (χ4v) is 3.87. The Morgan fingerprint density at radius 3 is 2.74 bits per heavy atom. The zero-order valence-electron chi connectivity index (χ0n) is 15.5. The molecule has 0 radical (unpaired) electrons. The number of carboxylic acids is 1. The van der Waals surface area contributed by atoms with Gasteiger partial charge in [0.25, 0.3) is 0 Å². The normalized spacial score (nSPS) is 28.9. The van der Waals surface area contributed by atoms with Crippen LogP contribution in [0.2, 0.25) is 0 Å². The second-order valence-corrected chi connectivity index (χ2v) is 7.41. The van der Waals surface area contributed by atoms with Crippen LogP contribution in [0, 0.1) is 23.7 Å². The summed E-state index contributed by atoms with van der Waals surface area (Å²) in [7, 11) is 0. The molecular formula is C22H28O5. The van der Waals surface area contributed by atoms with Gasteiger partial charge in [0.05, 0.1) is 12.5 Å². The predicted molar refractivity (Wildman–Crippen MR) is 101 cm³/mol. The zero-order chi connectivity index (χ0) is 19.1. The molecule has 0 amide bonds. The number of aliphatic hydroxyl groups excluding tert-OH is 1. The van der Waals surface area contributed by atoms with Crippen molar-refractivity contribution in [3.8, 4) is 11.8 Å². The lowest BCUT2D eigenvalue weighted by molar-refractivity contribution is -0.176. The minimum absolute atomic E-state index is 0.0452. The number of hydrogen-bond acceptors (Lipinski definition) is 4. The summed E-state index contributed by atoms with van der Waals surface area (Å²) in [6.07, 6.45) is 3.84. The number of aliphatic hydroxyl groups is 1. The van der Waals surface area contributed by atoms with E-state index in [4.69, 9.17) is 14.6 Å². The van der Waals surface area contributed by atoms with Crippen LogP contribution in [-0.4, -0.2) is 41.3 Å². The van der Waals surface area contributed by atoms with Crippen molar-refractivity contribution in [1.29, 1.82) is 0 Å². The van der Waals surface area contributed by atoms with E-state index in [9.17, 15) is 9.90 Å². The molecule has 1 saturated heterocycles. The van der Waals surface area contributed by atoms with E-state index in [-0.39, 0.29) is 30.7 Å². The smallest absolute Gasteiger partial charge is 0.303 e. The Morgan fingerprint density at radius 2 is 2.04 bits per heavy atom. The number of carbonyl (C=O) groups is 1. The van der Waals surface area contributed by atoms with Gasteiger partial charge in [-0.3, -0.25) is 4.79 Å². The zero-order valence-corrected chi connectivity index (χ0v) is 15.5. The fraction of sp³-hybridized carbons (Fsp3) is 0.591. The molecule has 3 rings (SSSR count). The molecule has 2 N–H and O–H groups in total. The molecule has 0 bridgehead atoms. The molecule has 2 aliphatic rings. The van der Waals surface area contributed by atoms with Crippen LogP contribution in [0.15, 0.2) is 30.3 Å². The third-order valence-corrected chi connectivity index (χ3v) is 5.34. The molecule has 1 aromatic rings. The van der Waals surface area contributed by atoms with Crippen molar-refractivity contribution in [1.82, 2.24) is 0 Å². The van der Waals surface area contributed by atoms with Crippen LogP contribution in [0.3, 0.4) is 0 Å². The molecule has 5 heteroatoms. The van der Waals surface area contributed by atoms with Gasteiger partial charge in [0.2, 0.25) is 0 Å². The van der Waals surface area contributed by atoms with Crippen molar-refractivity contribution in [2.45, 2.75) is 63.4 Å². The lowest BCUT2D eigenvalue weighted by Gasteiger charge is -2.26. The quantitative estimate of drug-likeness (QED) is 0.751. The number of hydrogen-bond donors (Lipinski definition) is 2. The molecule has 27 heavy (non-hydrogen) atoms. The van der Waals surface area contributed by atoms with Crippen molar-refractivity contribution < 1.29 is 24.5 Å². The summed E-state index contributed by atoms with van der Waals surface area (Å²) >= 11 is 0. The molecule has 0 spiro atoms. The largest absolute Gasteiger partial charge is 0.481 e. The van der Waals surface area contributed by atoms with Gasteiger partial charge in [-0.1, -0.05) is 42.2 Å². The van der Waals surface area contributed by atoms with Crippen LogP contribution in [0.4, 0.5) is 0 Å². The highest BCUT2D eigenvalue weighted by Crippen LogP contribution is 2.34. The molecule has 1 aliphatic heterocycles. The summed E-state index contributed by atoms with van der Waals surface area (Å²) in [5.74, 6) is 5.15. The van der Waals surface area contributed by atoms with Gasteiger partial charge in [0, 0.05) is 24.9 Å². The number of aliphatic carboxylic acids is 1. The van der Waals surface area contributed by atoms with Gasteiger partial charge in [0.15, 0.2) is 6.29 Å². The summed E-state index contributed by atoms with van der Waals surface area (Å²) in [6.45, 7) is 0.714. The first-order chi connectivity index (χ1) is 13.1. The van der Waals surface area contributed by atoms with Gasteiger partial charge in [-0.25, -0.2) is 0 Å². The van der Waals surface area contributed by atoms with Crippen molar-refractivity contribution in [3.63, 3.8) is 0 Å². The van der Waals surface area contributed by atoms with Gasteiger partial charge < -0.3 is 19.7 Å². The van der Waals surface area contributed by atoms with Gasteiger partial charge >= 0.3 is 5.97 Å². The van der Waals surface area contributed by atoms with Crippen molar-refractivity contribution >= 4 is 5.97 Å². The maximum atomic E-state index is 11.1. The van der Waals surface area contributed by atoms with Crippen molar-refractivity contribution in [3.05, 3.63) is 35.9 Å². The van der Waals surface area contributed by atoms with E-state index in [1.54, 1.807) is 0 Å². The minimum Gasteiger partial charge on any atom is -0.481 e. The van der Waals surface area contributed by atoms with Crippen LogP contribution >= 0.6 is 0 Å². The average molecular weight is 372 g/mol. The standard InChI is InChI=1S/C22H28O5/c23-20-12-10-17(19(20)15-21(24)25)9-11-18(14-16-6-2-1-3-7-16)27-22-8-4-5-13-26-22/h1-3,6-7,17-20,22-23H,4-5,8,10,12-15H2,(H,24,25)/t17-,18?,19+,20-,22?/m1/s1. The summed E-state index contributed by atoms with van der Waals surface area (Å²) in [5.41, 5.74) is 1.14. The second-order valence-electron chi connectivity index (χ2n) is 7.41. The fourth-order valence-electron chi connectivity index (χ4n) is 3.87. The maximum absolute atomic E-state index is 11.1. The van der Waals surface area contributed by atoms with E-state index in [1.807, 2.05) is 30.3 Å². The number of carboxylic acid groups (broad SMARTS) is 1. The van der Waals surface area contributed by atoms with Crippen molar-refractivity contribution in [2.24, 2.45) is 11.8 Å². The Kier molecular flexibility index (Phi) is 7.28. The topological polar surface area (TPSA) is 76.0 Å². The summed E-state index contributed by atoms with van der Waals surface area (Å²) in [5, 5.41) is 19.2. The molecule has 0 aromatic heterocycles. The van der Waals surface area contributed by atoms with Gasteiger partial charge in [-0.05, 0) is 37.7 Å². The molecule has 2 unspecified atom stereocenters. The number of benzene rings is 1. The number of ether oxygens (including phenoxy) is 2. The highest BCUT2D eigenvalue weighted by molar-refractivity contribution is 5.67. The van der Waals surface area contributed by atoms with Crippen LogP contribution in [0.25, 0.3) is 0 Å². The van der Waals surface area contributed by atoms with E-state index >= 15 is 0 Å². The van der Waals surface area contributed by atoms with E-state index in [1.165, 1.54) is 0 Å².